The summed E-state index contributed by atoms with van der Waals surface area (Å²) in [5.41, 5.74) is 0.516. The number of hydrogen-bond donors (Lipinski definition) is 1. The maximum absolute atomic E-state index is 5.23. The fraction of sp³-hybridized carbons (Fsp3) is 1.00. The maximum Gasteiger partial charge on any atom is 0.0503 e. The van der Waals surface area contributed by atoms with E-state index in [-0.39, 0.29) is 0 Å². The van der Waals surface area contributed by atoms with Crippen LogP contribution in [0.3, 0.4) is 0 Å². The molecular weight excluding hydrogens is 188 g/mol. The molecule has 2 aliphatic rings. The molecule has 0 aromatic carbocycles. The number of rotatable bonds is 4. The van der Waals surface area contributed by atoms with E-state index in [1.54, 1.807) is 0 Å². The SMILES string of the molecule is COCC1CCN(CC2(C)CCNC2)C1. The number of hydrogen-bond acceptors (Lipinski definition) is 3. The van der Waals surface area contributed by atoms with Crippen LogP contribution in [0.5, 0.6) is 0 Å². The van der Waals surface area contributed by atoms with Crippen LogP contribution in [-0.4, -0.2) is 51.3 Å². The van der Waals surface area contributed by atoms with Crippen LogP contribution in [-0.2, 0) is 4.74 Å². The highest BCUT2D eigenvalue weighted by atomic mass is 16.5. The van der Waals surface area contributed by atoms with Crippen LogP contribution in [0.25, 0.3) is 0 Å². The lowest BCUT2D eigenvalue weighted by Gasteiger charge is -2.29. The number of nitrogens with one attached hydrogen (secondary N) is 1. The summed E-state index contributed by atoms with van der Waals surface area (Å²) in [6.07, 6.45) is 2.65. The van der Waals surface area contributed by atoms with E-state index in [1.807, 2.05) is 7.11 Å². The molecule has 88 valence electrons. The summed E-state index contributed by atoms with van der Waals surface area (Å²) in [5, 5.41) is 3.47. The van der Waals surface area contributed by atoms with E-state index >= 15 is 0 Å². The van der Waals surface area contributed by atoms with Gasteiger partial charge in [0.25, 0.3) is 0 Å². The van der Waals surface area contributed by atoms with Crippen molar-refractivity contribution in [3.8, 4) is 0 Å². The van der Waals surface area contributed by atoms with Crippen molar-refractivity contribution < 1.29 is 4.74 Å². The fourth-order valence-corrected chi connectivity index (χ4v) is 2.97. The summed E-state index contributed by atoms with van der Waals surface area (Å²) >= 11 is 0. The van der Waals surface area contributed by atoms with Crippen molar-refractivity contribution in [1.29, 1.82) is 0 Å². The van der Waals surface area contributed by atoms with Gasteiger partial charge in [-0.1, -0.05) is 6.92 Å². The molecule has 3 nitrogen and oxygen atoms in total. The topological polar surface area (TPSA) is 24.5 Å². The normalized spacial score (nSPS) is 37.6. The van der Waals surface area contributed by atoms with Gasteiger partial charge >= 0.3 is 0 Å². The van der Waals surface area contributed by atoms with Gasteiger partial charge < -0.3 is 15.0 Å². The van der Waals surface area contributed by atoms with Gasteiger partial charge in [0.05, 0.1) is 6.61 Å². The van der Waals surface area contributed by atoms with Crippen molar-refractivity contribution in [3.05, 3.63) is 0 Å². The van der Waals surface area contributed by atoms with Crippen molar-refractivity contribution in [3.63, 3.8) is 0 Å². The van der Waals surface area contributed by atoms with Crippen molar-refractivity contribution in [2.75, 3.05) is 46.4 Å². The molecule has 0 aromatic heterocycles. The second-order valence-electron chi connectivity index (χ2n) is 5.58. The van der Waals surface area contributed by atoms with Gasteiger partial charge in [-0.25, -0.2) is 0 Å². The van der Waals surface area contributed by atoms with Crippen LogP contribution in [0, 0.1) is 11.3 Å². The molecule has 2 heterocycles. The molecule has 2 unspecified atom stereocenters. The highest BCUT2D eigenvalue weighted by Gasteiger charge is 2.33. The lowest BCUT2D eigenvalue weighted by atomic mass is 9.89. The summed E-state index contributed by atoms with van der Waals surface area (Å²) in [6.45, 7) is 9.51. The van der Waals surface area contributed by atoms with E-state index < -0.39 is 0 Å². The van der Waals surface area contributed by atoms with Crippen LogP contribution in [0.15, 0.2) is 0 Å². The molecule has 2 rings (SSSR count). The molecule has 2 saturated heterocycles. The Labute approximate surface area is 93.2 Å². The first kappa shape index (κ1) is 11.4. The van der Waals surface area contributed by atoms with Crippen molar-refractivity contribution in [2.45, 2.75) is 19.8 Å². The van der Waals surface area contributed by atoms with Gasteiger partial charge in [-0.2, -0.15) is 0 Å². The van der Waals surface area contributed by atoms with Gasteiger partial charge in [-0.15, -0.1) is 0 Å². The minimum Gasteiger partial charge on any atom is -0.384 e. The number of nitrogens with zero attached hydrogens (tertiary/aromatic N) is 1. The maximum atomic E-state index is 5.23. The Balaban J connectivity index is 1.76. The molecule has 2 aliphatic heterocycles. The molecule has 0 aromatic rings. The average Bonchev–Trinajstić information content (AvgIpc) is 2.77. The first-order valence-corrected chi connectivity index (χ1v) is 6.14. The quantitative estimate of drug-likeness (QED) is 0.751. The highest BCUT2D eigenvalue weighted by molar-refractivity contribution is 4.88. The molecule has 0 saturated carbocycles. The fourth-order valence-electron chi connectivity index (χ4n) is 2.97. The van der Waals surface area contributed by atoms with Gasteiger partial charge in [0.1, 0.15) is 0 Å². The van der Waals surface area contributed by atoms with Crippen LogP contribution < -0.4 is 5.32 Å². The summed E-state index contributed by atoms with van der Waals surface area (Å²) in [4.78, 5) is 2.62. The van der Waals surface area contributed by atoms with Crippen molar-refractivity contribution in [2.24, 2.45) is 11.3 Å². The number of likely N-dealkylation sites (tertiary alicyclic amines) is 1. The molecule has 0 bridgehead atoms. The monoisotopic (exact) mass is 212 g/mol. The zero-order valence-corrected chi connectivity index (χ0v) is 10.1. The zero-order valence-electron chi connectivity index (χ0n) is 10.1. The Morgan fingerprint density at radius 1 is 1.53 bits per heavy atom. The van der Waals surface area contributed by atoms with E-state index in [0.717, 1.165) is 12.5 Å². The molecule has 2 atom stereocenters. The zero-order chi connectivity index (χ0) is 10.7. The molecule has 0 radical (unpaired) electrons. The third kappa shape index (κ3) is 2.92. The van der Waals surface area contributed by atoms with E-state index in [2.05, 4.69) is 17.1 Å². The molecule has 3 heteroatoms. The summed E-state index contributed by atoms with van der Waals surface area (Å²) in [5.74, 6) is 0.771. The molecule has 1 N–H and O–H groups in total. The first-order valence-electron chi connectivity index (χ1n) is 6.14. The molecule has 0 spiro atoms. The molecule has 0 aliphatic carbocycles. The first-order chi connectivity index (χ1) is 7.22. The van der Waals surface area contributed by atoms with Crippen molar-refractivity contribution in [1.82, 2.24) is 10.2 Å². The summed E-state index contributed by atoms with van der Waals surface area (Å²) < 4.78 is 5.23. The van der Waals surface area contributed by atoms with E-state index in [9.17, 15) is 0 Å². The minimum absolute atomic E-state index is 0.516. The Morgan fingerprint density at radius 2 is 2.40 bits per heavy atom. The third-order valence-corrected chi connectivity index (χ3v) is 3.83. The molecular formula is C12H24N2O. The Kier molecular flexibility index (Phi) is 3.65. The second kappa shape index (κ2) is 4.81. The smallest absolute Gasteiger partial charge is 0.0503 e. The highest BCUT2D eigenvalue weighted by Crippen LogP contribution is 2.28. The standard InChI is InChI=1S/C12H24N2O/c1-12(4-5-13-9-12)10-14-6-3-11(7-14)8-15-2/h11,13H,3-10H2,1-2H3. The molecule has 2 fully saturated rings. The van der Waals surface area contributed by atoms with E-state index in [0.29, 0.717) is 5.41 Å². The second-order valence-corrected chi connectivity index (χ2v) is 5.58. The Hall–Kier alpha value is -0.120. The average molecular weight is 212 g/mol. The number of ether oxygens (including phenoxy) is 1. The van der Waals surface area contributed by atoms with E-state index in [4.69, 9.17) is 4.74 Å². The molecule has 0 amide bonds. The van der Waals surface area contributed by atoms with Gasteiger partial charge in [-0.3, -0.25) is 0 Å². The van der Waals surface area contributed by atoms with E-state index in [1.165, 1.54) is 45.6 Å². The number of methoxy groups -OCH3 is 1. The minimum atomic E-state index is 0.516. The third-order valence-electron chi connectivity index (χ3n) is 3.83. The molecule has 15 heavy (non-hydrogen) atoms. The summed E-state index contributed by atoms with van der Waals surface area (Å²) in [7, 11) is 1.81. The Bertz CT molecular complexity index is 202. The van der Waals surface area contributed by atoms with Gasteiger partial charge in [0, 0.05) is 26.7 Å². The predicted molar refractivity (Wildman–Crippen MR) is 62.0 cm³/mol. The summed E-state index contributed by atoms with van der Waals surface area (Å²) in [6, 6.07) is 0. The Morgan fingerprint density at radius 3 is 3.07 bits per heavy atom. The lowest BCUT2D eigenvalue weighted by Crippen LogP contribution is -2.36. The van der Waals surface area contributed by atoms with Gasteiger partial charge in [-0.05, 0) is 37.3 Å². The van der Waals surface area contributed by atoms with Crippen LogP contribution in [0.1, 0.15) is 19.8 Å². The van der Waals surface area contributed by atoms with Crippen LogP contribution in [0.4, 0.5) is 0 Å². The van der Waals surface area contributed by atoms with Gasteiger partial charge in [0.15, 0.2) is 0 Å². The van der Waals surface area contributed by atoms with Crippen molar-refractivity contribution >= 4 is 0 Å². The van der Waals surface area contributed by atoms with Crippen LogP contribution >= 0.6 is 0 Å². The van der Waals surface area contributed by atoms with Crippen LogP contribution in [0.2, 0.25) is 0 Å². The lowest BCUT2D eigenvalue weighted by molar-refractivity contribution is 0.145. The largest absolute Gasteiger partial charge is 0.384 e. The predicted octanol–water partition coefficient (Wildman–Crippen LogP) is 0.954. The van der Waals surface area contributed by atoms with Gasteiger partial charge in [0.2, 0.25) is 0 Å².